The maximum absolute atomic E-state index is 11.3. The fourth-order valence-corrected chi connectivity index (χ4v) is 2.00. The average Bonchev–Trinajstić information content (AvgIpc) is 2.25. The van der Waals surface area contributed by atoms with Crippen molar-refractivity contribution in [2.75, 3.05) is 20.1 Å². The van der Waals surface area contributed by atoms with Crippen molar-refractivity contribution in [3.63, 3.8) is 0 Å². The van der Waals surface area contributed by atoms with Gasteiger partial charge in [-0.2, -0.15) is 0 Å². The Morgan fingerprint density at radius 2 is 1.78 bits per heavy atom. The molecular formula is C12H17Cl3N2O. The molecule has 1 aromatic rings. The first-order valence-electron chi connectivity index (χ1n) is 5.48. The number of carbonyl (C=O) groups is 1. The summed E-state index contributed by atoms with van der Waals surface area (Å²) in [5.41, 5.74) is 1.02. The first kappa shape index (κ1) is 17.5. The lowest BCUT2D eigenvalue weighted by Gasteiger charge is -2.06. The summed E-state index contributed by atoms with van der Waals surface area (Å²) < 4.78 is 0. The number of amides is 1. The Morgan fingerprint density at radius 1 is 1.17 bits per heavy atom. The van der Waals surface area contributed by atoms with Crippen LogP contribution in [0.15, 0.2) is 18.2 Å². The van der Waals surface area contributed by atoms with Crippen molar-refractivity contribution in [2.24, 2.45) is 0 Å². The molecule has 0 unspecified atom stereocenters. The van der Waals surface area contributed by atoms with Crippen LogP contribution in [0.2, 0.25) is 10.0 Å². The van der Waals surface area contributed by atoms with Crippen LogP contribution >= 0.6 is 35.6 Å². The van der Waals surface area contributed by atoms with Crippen LogP contribution in [0.1, 0.15) is 12.0 Å². The lowest BCUT2D eigenvalue weighted by atomic mass is 10.1. The van der Waals surface area contributed by atoms with Gasteiger partial charge in [0.1, 0.15) is 0 Å². The predicted molar refractivity (Wildman–Crippen MR) is 79.0 cm³/mol. The lowest BCUT2D eigenvalue weighted by molar-refractivity contribution is -0.120. The maximum Gasteiger partial charge on any atom is 0.221 e. The maximum atomic E-state index is 11.3. The first-order valence-corrected chi connectivity index (χ1v) is 6.23. The van der Waals surface area contributed by atoms with E-state index in [0.29, 0.717) is 29.6 Å². The molecule has 0 radical (unpaired) electrons. The third-order valence-electron chi connectivity index (χ3n) is 2.26. The van der Waals surface area contributed by atoms with Crippen LogP contribution in [0.25, 0.3) is 0 Å². The van der Waals surface area contributed by atoms with Gasteiger partial charge in [0.15, 0.2) is 0 Å². The highest BCUT2D eigenvalue weighted by atomic mass is 35.5. The topological polar surface area (TPSA) is 41.1 Å². The minimum atomic E-state index is 0. The van der Waals surface area contributed by atoms with Crippen LogP contribution in [-0.4, -0.2) is 26.0 Å². The zero-order chi connectivity index (χ0) is 12.7. The molecule has 1 amide bonds. The number of benzene rings is 1. The number of hydrogen-bond donors (Lipinski definition) is 2. The van der Waals surface area contributed by atoms with E-state index < -0.39 is 0 Å². The molecule has 0 aromatic heterocycles. The summed E-state index contributed by atoms with van der Waals surface area (Å²) in [6, 6.07) is 5.40. The summed E-state index contributed by atoms with van der Waals surface area (Å²) in [4.78, 5) is 11.3. The minimum Gasteiger partial charge on any atom is -0.356 e. The van der Waals surface area contributed by atoms with Gasteiger partial charge in [-0.25, -0.2) is 0 Å². The van der Waals surface area contributed by atoms with Gasteiger partial charge in [-0.1, -0.05) is 23.2 Å². The monoisotopic (exact) mass is 310 g/mol. The molecule has 1 rings (SSSR count). The summed E-state index contributed by atoms with van der Waals surface area (Å²) in [6.45, 7) is 1.29. The molecule has 0 heterocycles. The standard InChI is InChI=1S/C12H16Cl2N2O.ClH/c1-15-4-3-12(17)16-5-2-9-6-10(13)8-11(14)7-9;/h6-8,15H,2-5H2,1H3,(H,16,17);1H. The van der Waals surface area contributed by atoms with Gasteiger partial charge in [-0.05, 0) is 37.2 Å². The van der Waals surface area contributed by atoms with Crippen molar-refractivity contribution in [1.82, 2.24) is 10.6 Å². The van der Waals surface area contributed by atoms with E-state index in [4.69, 9.17) is 23.2 Å². The second kappa shape index (κ2) is 9.45. The Bertz CT molecular complexity index is 365. The lowest BCUT2D eigenvalue weighted by Crippen LogP contribution is -2.28. The van der Waals surface area contributed by atoms with Crippen LogP contribution in [0.3, 0.4) is 0 Å². The van der Waals surface area contributed by atoms with E-state index in [9.17, 15) is 4.79 Å². The molecule has 0 atom stereocenters. The quantitative estimate of drug-likeness (QED) is 0.848. The number of rotatable bonds is 6. The second-order valence-corrected chi connectivity index (χ2v) is 4.60. The second-order valence-electron chi connectivity index (χ2n) is 3.73. The highest BCUT2D eigenvalue weighted by Gasteiger charge is 2.01. The molecular weight excluding hydrogens is 295 g/mol. The highest BCUT2D eigenvalue weighted by Crippen LogP contribution is 2.19. The van der Waals surface area contributed by atoms with Gasteiger partial charge >= 0.3 is 0 Å². The molecule has 0 aliphatic heterocycles. The van der Waals surface area contributed by atoms with Crippen molar-refractivity contribution in [3.8, 4) is 0 Å². The van der Waals surface area contributed by atoms with Crippen molar-refractivity contribution in [3.05, 3.63) is 33.8 Å². The third-order valence-corrected chi connectivity index (χ3v) is 2.70. The molecule has 3 nitrogen and oxygen atoms in total. The van der Waals surface area contributed by atoms with Crippen LogP contribution in [0.4, 0.5) is 0 Å². The minimum absolute atomic E-state index is 0. The molecule has 18 heavy (non-hydrogen) atoms. The Kier molecular flexibility index (Phi) is 9.20. The van der Waals surface area contributed by atoms with Crippen molar-refractivity contribution < 1.29 is 4.79 Å². The SMILES string of the molecule is CNCCC(=O)NCCc1cc(Cl)cc(Cl)c1.Cl. The molecule has 0 saturated carbocycles. The molecule has 1 aromatic carbocycles. The van der Waals surface area contributed by atoms with Crippen molar-refractivity contribution in [2.45, 2.75) is 12.8 Å². The summed E-state index contributed by atoms with van der Waals surface area (Å²) in [5.74, 6) is 0.0486. The van der Waals surface area contributed by atoms with Gasteiger partial charge in [0.05, 0.1) is 0 Å². The molecule has 0 saturated heterocycles. The van der Waals surface area contributed by atoms with Gasteiger partial charge in [0.25, 0.3) is 0 Å². The van der Waals surface area contributed by atoms with Gasteiger partial charge in [0, 0.05) is 29.6 Å². The molecule has 0 fully saturated rings. The number of halogens is 3. The Labute approximate surface area is 124 Å². The molecule has 0 aliphatic rings. The molecule has 102 valence electrons. The van der Waals surface area contributed by atoms with Crippen LogP contribution in [-0.2, 0) is 11.2 Å². The highest BCUT2D eigenvalue weighted by molar-refractivity contribution is 6.34. The summed E-state index contributed by atoms with van der Waals surface area (Å²) in [5, 5.41) is 7.00. The van der Waals surface area contributed by atoms with Crippen LogP contribution in [0.5, 0.6) is 0 Å². The predicted octanol–water partition coefficient (Wildman–Crippen LogP) is 2.68. The largest absolute Gasteiger partial charge is 0.356 e. The van der Waals surface area contributed by atoms with E-state index >= 15 is 0 Å². The molecule has 0 bridgehead atoms. The molecule has 0 spiro atoms. The molecule has 0 aliphatic carbocycles. The van der Waals surface area contributed by atoms with Crippen LogP contribution < -0.4 is 10.6 Å². The number of carbonyl (C=O) groups excluding carboxylic acids is 1. The third kappa shape index (κ3) is 7.07. The van der Waals surface area contributed by atoms with Crippen molar-refractivity contribution >= 4 is 41.5 Å². The van der Waals surface area contributed by atoms with Gasteiger partial charge < -0.3 is 10.6 Å². The fourth-order valence-electron chi connectivity index (χ4n) is 1.43. The number of hydrogen-bond acceptors (Lipinski definition) is 2. The average molecular weight is 312 g/mol. The van der Waals surface area contributed by atoms with E-state index in [1.54, 1.807) is 6.07 Å². The van der Waals surface area contributed by atoms with E-state index in [2.05, 4.69) is 10.6 Å². The van der Waals surface area contributed by atoms with E-state index in [1.807, 2.05) is 19.2 Å². The molecule has 6 heteroatoms. The summed E-state index contributed by atoms with van der Waals surface area (Å²) >= 11 is 11.8. The van der Waals surface area contributed by atoms with Gasteiger partial charge in [-0.15, -0.1) is 12.4 Å². The Balaban J connectivity index is 0.00000289. The number of nitrogens with one attached hydrogen (secondary N) is 2. The van der Waals surface area contributed by atoms with Crippen LogP contribution in [0, 0.1) is 0 Å². The van der Waals surface area contributed by atoms with E-state index in [0.717, 1.165) is 12.0 Å². The van der Waals surface area contributed by atoms with Gasteiger partial charge in [0.2, 0.25) is 5.91 Å². The van der Waals surface area contributed by atoms with Crippen molar-refractivity contribution in [1.29, 1.82) is 0 Å². The zero-order valence-electron chi connectivity index (χ0n) is 10.1. The smallest absolute Gasteiger partial charge is 0.221 e. The summed E-state index contributed by atoms with van der Waals surface area (Å²) in [6.07, 6.45) is 1.22. The van der Waals surface area contributed by atoms with Gasteiger partial charge in [-0.3, -0.25) is 4.79 Å². The Hall–Kier alpha value is -0.480. The first-order chi connectivity index (χ1) is 8.11. The zero-order valence-corrected chi connectivity index (χ0v) is 12.5. The normalized spacial score (nSPS) is 9.72. The Morgan fingerprint density at radius 3 is 2.33 bits per heavy atom. The van der Waals surface area contributed by atoms with E-state index in [-0.39, 0.29) is 18.3 Å². The summed E-state index contributed by atoms with van der Waals surface area (Å²) in [7, 11) is 1.82. The van der Waals surface area contributed by atoms with E-state index in [1.165, 1.54) is 0 Å². The fraction of sp³-hybridized carbons (Fsp3) is 0.417. The molecule has 2 N–H and O–H groups in total.